The van der Waals surface area contributed by atoms with E-state index in [9.17, 15) is 14.9 Å². The third-order valence-corrected chi connectivity index (χ3v) is 3.99. The van der Waals surface area contributed by atoms with E-state index in [2.05, 4.69) is 5.32 Å². The molecule has 1 N–H and O–H groups in total. The summed E-state index contributed by atoms with van der Waals surface area (Å²) in [6.45, 7) is 0. The number of rotatable bonds is 3. The average Bonchev–Trinajstić information content (AvgIpc) is 3.20. The van der Waals surface area contributed by atoms with Crippen LogP contribution in [0.1, 0.15) is 11.3 Å². The van der Waals surface area contributed by atoms with Gasteiger partial charge in [0.2, 0.25) is 0 Å². The Kier molecular flexibility index (Phi) is 3.43. The van der Waals surface area contributed by atoms with Gasteiger partial charge >= 0.3 is 0 Å². The molecule has 0 unspecified atom stereocenters. The fourth-order valence-electron chi connectivity index (χ4n) is 2.84. The van der Waals surface area contributed by atoms with E-state index in [1.807, 2.05) is 24.3 Å². The van der Waals surface area contributed by atoms with E-state index in [4.69, 9.17) is 4.42 Å². The molecule has 0 saturated heterocycles. The van der Waals surface area contributed by atoms with Gasteiger partial charge in [-0.3, -0.25) is 14.9 Å². The van der Waals surface area contributed by atoms with Crippen molar-refractivity contribution in [2.24, 2.45) is 0 Å². The summed E-state index contributed by atoms with van der Waals surface area (Å²) in [7, 11) is 0. The van der Waals surface area contributed by atoms with Crippen LogP contribution >= 0.6 is 0 Å². The zero-order valence-corrected chi connectivity index (χ0v) is 12.9. The van der Waals surface area contributed by atoms with Gasteiger partial charge in [0.15, 0.2) is 0 Å². The maximum absolute atomic E-state index is 12.1. The molecule has 2 aromatic carbocycles. The average molecular weight is 332 g/mol. The molecule has 1 aliphatic heterocycles. The molecular formula is C19H12N2O4. The van der Waals surface area contributed by atoms with E-state index in [1.54, 1.807) is 36.4 Å². The number of furan rings is 1. The number of nitrogens with zero attached hydrogens (tertiary/aromatic N) is 1. The van der Waals surface area contributed by atoms with E-state index in [0.29, 0.717) is 22.7 Å². The second kappa shape index (κ2) is 5.76. The molecule has 0 spiro atoms. The quantitative estimate of drug-likeness (QED) is 0.439. The first-order valence-electron chi connectivity index (χ1n) is 7.59. The third-order valence-electron chi connectivity index (χ3n) is 3.99. The second-order valence-corrected chi connectivity index (χ2v) is 5.53. The topological polar surface area (TPSA) is 85.4 Å². The van der Waals surface area contributed by atoms with Gasteiger partial charge in [-0.2, -0.15) is 0 Å². The molecule has 0 aliphatic carbocycles. The maximum atomic E-state index is 12.1. The largest absolute Gasteiger partial charge is 0.456 e. The van der Waals surface area contributed by atoms with Gasteiger partial charge < -0.3 is 9.73 Å². The molecule has 1 aliphatic rings. The Morgan fingerprint density at radius 2 is 1.68 bits per heavy atom. The first kappa shape index (κ1) is 14.9. The molecule has 4 rings (SSSR count). The minimum absolute atomic E-state index is 0.0278. The molecule has 1 aromatic heterocycles. The van der Waals surface area contributed by atoms with Crippen LogP contribution in [0.25, 0.3) is 23.0 Å². The molecule has 2 heterocycles. The minimum Gasteiger partial charge on any atom is -0.456 e. The van der Waals surface area contributed by atoms with Gasteiger partial charge in [0.05, 0.1) is 16.1 Å². The highest BCUT2D eigenvalue weighted by atomic mass is 16.6. The van der Waals surface area contributed by atoms with Crippen molar-refractivity contribution in [3.05, 3.63) is 82.1 Å². The van der Waals surface area contributed by atoms with Crippen LogP contribution < -0.4 is 5.32 Å². The number of fused-ring (bicyclic) bond motifs is 1. The van der Waals surface area contributed by atoms with Gasteiger partial charge in [0.25, 0.3) is 11.6 Å². The van der Waals surface area contributed by atoms with Crippen molar-refractivity contribution in [3.8, 4) is 11.3 Å². The second-order valence-electron chi connectivity index (χ2n) is 5.53. The number of nitrogens with one attached hydrogen (secondary N) is 1. The number of nitro groups is 1. The van der Waals surface area contributed by atoms with Crippen LogP contribution in [0.2, 0.25) is 0 Å². The fourth-order valence-corrected chi connectivity index (χ4v) is 2.84. The van der Waals surface area contributed by atoms with Crippen LogP contribution in [-0.4, -0.2) is 10.8 Å². The maximum Gasteiger partial charge on any atom is 0.280 e. The molecule has 25 heavy (non-hydrogen) atoms. The summed E-state index contributed by atoms with van der Waals surface area (Å²) in [4.78, 5) is 22.9. The van der Waals surface area contributed by atoms with Gasteiger partial charge in [-0.25, -0.2) is 0 Å². The minimum atomic E-state index is -0.448. The van der Waals surface area contributed by atoms with Crippen molar-refractivity contribution < 1.29 is 14.1 Å². The lowest BCUT2D eigenvalue weighted by Gasteiger charge is -1.99. The number of anilines is 1. The molecule has 0 saturated carbocycles. The van der Waals surface area contributed by atoms with E-state index >= 15 is 0 Å². The highest BCUT2D eigenvalue weighted by Crippen LogP contribution is 2.35. The van der Waals surface area contributed by atoms with Crippen molar-refractivity contribution in [1.82, 2.24) is 0 Å². The van der Waals surface area contributed by atoms with Gasteiger partial charge in [-0.05, 0) is 30.3 Å². The Labute approximate surface area is 142 Å². The van der Waals surface area contributed by atoms with E-state index < -0.39 is 4.92 Å². The first-order valence-corrected chi connectivity index (χ1v) is 7.59. The zero-order valence-electron chi connectivity index (χ0n) is 12.9. The van der Waals surface area contributed by atoms with Crippen molar-refractivity contribution in [2.45, 2.75) is 0 Å². The van der Waals surface area contributed by atoms with Crippen molar-refractivity contribution in [2.75, 3.05) is 5.32 Å². The summed E-state index contributed by atoms with van der Waals surface area (Å²) in [5, 5.41) is 14.0. The van der Waals surface area contributed by atoms with E-state index in [1.165, 1.54) is 6.07 Å². The van der Waals surface area contributed by atoms with E-state index in [0.717, 1.165) is 11.3 Å². The van der Waals surface area contributed by atoms with Gasteiger partial charge in [-0.15, -0.1) is 0 Å². The Balaban J connectivity index is 1.74. The van der Waals surface area contributed by atoms with Crippen LogP contribution in [0.5, 0.6) is 0 Å². The molecule has 3 aromatic rings. The molecule has 0 radical (unpaired) electrons. The number of benzene rings is 2. The Bertz CT molecular complexity index is 1030. The van der Waals surface area contributed by atoms with Crippen LogP contribution in [0, 0.1) is 10.1 Å². The lowest BCUT2D eigenvalue weighted by atomic mass is 10.1. The summed E-state index contributed by atoms with van der Waals surface area (Å²) in [5.74, 6) is 0.630. The number of nitro benzene ring substituents is 1. The number of para-hydroxylation sites is 2. The Hall–Kier alpha value is -3.67. The SMILES string of the molecule is O=C1Nc2ccccc2/C1=C\c1ccc(-c2ccccc2[N+](=O)[O-])o1. The molecule has 122 valence electrons. The predicted molar refractivity (Wildman–Crippen MR) is 93.7 cm³/mol. The summed E-state index contributed by atoms with van der Waals surface area (Å²) in [6.07, 6.45) is 1.64. The number of carbonyl (C=O) groups is 1. The highest BCUT2D eigenvalue weighted by molar-refractivity contribution is 6.34. The van der Waals surface area contributed by atoms with Crippen LogP contribution in [0.4, 0.5) is 11.4 Å². The van der Waals surface area contributed by atoms with Crippen LogP contribution in [0.3, 0.4) is 0 Å². The van der Waals surface area contributed by atoms with Gasteiger partial charge in [0, 0.05) is 17.3 Å². The van der Waals surface area contributed by atoms with Gasteiger partial charge in [-0.1, -0.05) is 30.3 Å². The Morgan fingerprint density at radius 1 is 0.960 bits per heavy atom. The predicted octanol–water partition coefficient (Wildman–Crippen LogP) is 4.35. The smallest absolute Gasteiger partial charge is 0.280 e. The number of hydrogen-bond acceptors (Lipinski definition) is 4. The van der Waals surface area contributed by atoms with Gasteiger partial charge in [0.1, 0.15) is 11.5 Å². The summed E-state index contributed by atoms with van der Waals surface area (Å²) in [6, 6.07) is 17.1. The molecule has 0 atom stereocenters. The van der Waals surface area contributed by atoms with Crippen LogP contribution in [-0.2, 0) is 4.79 Å². The lowest BCUT2D eigenvalue weighted by molar-refractivity contribution is -0.384. The monoisotopic (exact) mass is 332 g/mol. The fraction of sp³-hybridized carbons (Fsp3) is 0. The van der Waals surface area contributed by atoms with E-state index in [-0.39, 0.29) is 11.6 Å². The van der Waals surface area contributed by atoms with Crippen molar-refractivity contribution in [1.29, 1.82) is 0 Å². The molecule has 6 heteroatoms. The standard InChI is InChI=1S/C19H12N2O4/c22-19-15(13-5-1-3-7-16(13)20-19)11-12-9-10-18(25-12)14-6-2-4-8-17(14)21(23)24/h1-11H,(H,20,22)/b15-11+. The Morgan fingerprint density at radius 3 is 2.48 bits per heavy atom. The highest BCUT2D eigenvalue weighted by Gasteiger charge is 2.24. The van der Waals surface area contributed by atoms with Crippen molar-refractivity contribution >= 4 is 28.9 Å². The molecule has 6 nitrogen and oxygen atoms in total. The molecule has 0 fully saturated rings. The molecule has 0 bridgehead atoms. The number of hydrogen-bond donors (Lipinski definition) is 1. The summed E-state index contributed by atoms with van der Waals surface area (Å²) in [5.41, 5.74) is 2.42. The number of amides is 1. The third kappa shape index (κ3) is 2.59. The molecular weight excluding hydrogens is 320 g/mol. The van der Waals surface area contributed by atoms with Crippen LogP contribution in [0.15, 0.2) is 65.1 Å². The zero-order chi connectivity index (χ0) is 17.4. The molecule has 1 amide bonds. The normalized spacial score (nSPS) is 14.4. The summed E-state index contributed by atoms with van der Waals surface area (Å²) < 4.78 is 5.72. The summed E-state index contributed by atoms with van der Waals surface area (Å²) >= 11 is 0. The lowest BCUT2D eigenvalue weighted by Crippen LogP contribution is -2.03. The first-order chi connectivity index (χ1) is 12.1. The van der Waals surface area contributed by atoms with Crippen molar-refractivity contribution in [3.63, 3.8) is 0 Å². The number of carbonyl (C=O) groups excluding carboxylic acids is 1.